The van der Waals surface area contributed by atoms with Gasteiger partial charge in [-0.15, -0.1) is 0 Å². The van der Waals surface area contributed by atoms with Crippen molar-refractivity contribution in [1.29, 1.82) is 0 Å². The average Bonchev–Trinajstić information content (AvgIpc) is 3.08. The van der Waals surface area contributed by atoms with Crippen LogP contribution in [0.3, 0.4) is 0 Å². The smallest absolute Gasteiger partial charge is 0.0501 e. The van der Waals surface area contributed by atoms with Crippen molar-refractivity contribution in [2.45, 2.75) is 6.54 Å². The fourth-order valence-corrected chi connectivity index (χ4v) is 5.21. The van der Waals surface area contributed by atoms with Crippen LogP contribution in [0.4, 0.5) is 0 Å². The molecule has 1 nitrogen and oxygen atoms in total. The predicted octanol–water partition coefficient (Wildman–Crippen LogP) is 7.18. The lowest BCUT2D eigenvalue weighted by Gasteiger charge is -2.12. The van der Waals surface area contributed by atoms with Crippen molar-refractivity contribution in [3.05, 3.63) is 96.6 Å². The lowest BCUT2D eigenvalue weighted by molar-refractivity contribution is 0.869. The van der Waals surface area contributed by atoms with Crippen molar-refractivity contribution in [1.82, 2.24) is 4.57 Å². The minimum atomic E-state index is 0.891. The second-order valence-corrected chi connectivity index (χ2v) is 7.80. The molecule has 0 saturated heterocycles. The van der Waals surface area contributed by atoms with E-state index in [0.717, 1.165) is 6.54 Å². The van der Waals surface area contributed by atoms with Crippen molar-refractivity contribution in [3.8, 4) is 0 Å². The molecule has 6 aromatic carbocycles. The fourth-order valence-electron chi connectivity index (χ4n) is 5.21. The van der Waals surface area contributed by atoms with Crippen LogP contribution in [0, 0.1) is 0 Å². The number of rotatable bonds is 2. The van der Waals surface area contributed by atoms with Crippen molar-refractivity contribution < 1.29 is 0 Å². The van der Waals surface area contributed by atoms with Gasteiger partial charge in [-0.1, -0.05) is 78.9 Å². The van der Waals surface area contributed by atoms with Crippen molar-refractivity contribution >= 4 is 54.1 Å². The van der Waals surface area contributed by atoms with Crippen LogP contribution in [0.2, 0.25) is 0 Å². The molecule has 7 rings (SSSR count). The SMILES string of the molecule is c1ccc(Cn2c3ccc4cccc5c6cccc7ccc2c(c76)c3c45)cc1. The molecule has 0 N–H and O–H groups in total. The van der Waals surface area contributed by atoms with E-state index in [-0.39, 0.29) is 0 Å². The molecule has 0 saturated carbocycles. The summed E-state index contributed by atoms with van der Waals surface area (Å²) in [4.78, 5) is 0. The van der Waals surface area contributed by atoms with E-state index in [1.807, 2.05) is 0 Å². The second-order valence-electron chi connectivity index (χ2n) is 7.80. The maximum Gasteiger partial charge on any atom is 0.0501 e. The first-order chi connectivity index (χ1) is 13.9. The largest absolute Gasteiger partial charge is 0.336 e. The van der Waals surface area contributed by atoms with E-state index in [4.69, 9.17) is 0 Å². The highest BCUT2D eigenvalue weighted by molar-refractivity contribution is 6.39. The van der Waals surface area contributed by atoms with Gasteiger partial charge in [-0.3, -0.25) is 0 Å². The van der Waals surface area contributed by atoms with Crippen molar-refractivity contribution in [2.24, 2.45) is 0 Å². The number of nitrogens with zero attached hydrogens (tertiary/aromatic N) is 1. The predicted molar refractivity (Wildman–Crippen MR) is 120 cm³/mol. The Bertz CT molecular complexity index is 1520. The van der Waals surface area contributed by atoms with Gasteiger partial charge in [0.2, 0.25) is 0 Å². The van der Waals surface area contributed by atoms with Crippen LogP contribution in [0.1, 0.15) is 5.56 Å². The van der Waals surface area contributed by atoms with E-state index in [0.29, 0.717) is 0 Å². The minimum Gasteiger partial charge on any atom is -0.336 e. The summed E-state index contributed by atoms with van der Waals surface area (Å²) in [5.74, 6) is 0. The number of benzene rings is 6. The number of hydrogen-bond acceptors (Lipinski definition) is 0. The Labute approximate surface area is 162 Å². The first kappa shape index (κ1) is 14.5. The standard InChI is InChI=1S/C27H17N/c1-2-6-17(7-3-1)16-28-22-14-12-18-8-4-10-20-21-11-5-9-19-13-15-23(28)27(25(19)21)26(22)24(18)20/h1-15H,16H2. The number of fused-ring (bicyclic) bond motifs is 1. The second kappa shape index (κ2) is 5.02. The first-order valence-electron chi connectivity index (χ1n) is 9.84. The molecule has 0 unspecified atom stereocenters. The molecule has 0 aliphatic carbocycles. The van der Waals surface area contributed by atoms with E-state index in [1.54, 1.807) is 0 Å². The molecule has 1 heteroatoms. The summed E-state index contributed by atoms with van der Waals surface area (Å²) in [6.07, 6.45) is 0. The molecule has 130 valence electrons. The summed E-state index contributed by atoms with van der Waals surface area (Å²) in [6, 6.07) is 33.4. The van der Waals surface area contributed by atoms with E-state index in [1.165, 1.54) is 59.7 Å². The normalized spacial score (nSPS) is 12.4. The highest BCUT2D eigenvalue weighted by Crippen LogP contribution is 2.46. The van der Waals surface area contributed by atoms with Gasteiger partial charge < -0.3 is 4.57 Å². The quantitative estimate of drug-likeness (QED) is 0.229. The van der Waals surface area contributed by atoms with E-state index in [2.05, 4.69) is 95.6 Å². The Morgan fingerprint density at radius 1 is 0.464 bits per heavy atom. The third kappa shape index (κ3) is 1.67. The molecule has 0 atom stereocenters. The van der Waals surface area contributed by atoms with Crippen LogP contribution >= 0.6 is 0 Å². The van der Waals surface area contributed by atoms with E-state index in [9.17, 15) is 0 Å². The van der Waals surface area contributed by atoms with Gasteiger partial charge >= 0.3 is 0 Å². The molecule has 0 aliphatic heterocycles. The van der Waals surface area contributed by atoms with Gasteiger partial charge in [0.1, 0.15) is 0 Å². The average molecular weight is 355 g/mol. The summed E-state index contributed by atoms with van der Waals surface area (Å²) < 4.78 is 2.50. The van der Waals surface area contributed by atoms with Gasteiger partial charge in [0.25, 0.3) is 0 Å². The summed E-state index contributed by atoms with van der Waals surface area (Å²) in [7, 11) is 0. The summed E-state index contributed by atoms with van der Waals surface area (Å²) in [5.41, 5.74) is 4.00. The number of hydrogen-bond donors (Lipinski definition) is 0. The molecule has 0 aliphatic rings. The lowest BCUT2D eigenvalue weighted by atomic mass is 9.90. The Morgan fingerprint density at radius 2 is 1.04 bits per heavy atom. The molecule has 0 fully saturated rings. The lowest BCUT2D eigenvalue weighted by Crippen LogP contribution is -1.98. The first-order valence-corrected chi connectivity index (χ1v) is 9.84. The van der Waals surface area contributed by atoms with Gasteiger partial charge in [-0.2, -0.15) is 0 Å². The Balaban J connectivity index is 1.77. The Hall–Kier alpha value is -3.58. The Morgan fingerprint density at radius 3 is 1.61 bits per heavy atom. The molecular formula is C27H17N. The van der Waals surface area contributed by atoms with Gasteiger partial charge in [-0.05, 0) is 50.0 Å². The zero-order valence-electron chi connectivity index (χ0n) is 15.3. The summed E-state index contributed by atoms with van der Waals surface area (Å²) in [6.45, 7) is 0.891. The highest BCUT2D eigenvalue weighted by atomic mass is 15.0. The molecule has 0 radical (unpaired) electrons. The molecule has 1 heterocycles. The van der Waals surface area contributed by atoms with Crippen LogP contribution in [0.5, 0.6) is 0 Å². The fraction of sp³-hybridized carbons (Fsp3) is 0.0370. The van der Waals surface area contributed by atoms with Gasteiger partial charge in [0.15, 0.2) is 0 Å². The van der Waals surface area contributed by atoms with E-state index < -0.39 is 0 Å². The third-order valence-corrected chi connectivity index (χ3v) is 6.35. The van der Waals surface area contributed by atoms with E-state index >= 15 is 0 Å². The zero-order valence-corrected chi connectivity index (χ0v) is 15.3. The molecule has 28 heavy (non-hydrogen) atoms. The topological polar surface area (TPSA) is 4.93 Å². The molecule has 1 aromatic heterocycles. The van der Waals surface area contributed by atoms with Gasteiger partial charge in [0, 0.05) is 17.3 Å². The van der Waals surface area contributed by atoms with Crippen LogP contribution in [-0.4, -0.2) is 4.57 Å². The van der Waals surface area contributed by atoms with Crippen LogP contribution in [0.25, 0.3) is 54.1 Å². The molecule has 0 spiro atoms. The molecule has 0 amide bonds. The molecule has 0 bridgehead atoms. The van der Waals surface area contributed by atoms with Crippen LogP contribution < -0.4 is 0 Å². The third-order valence-electron chi connectivity index (χ3n) is 6.35. The molecule has 7 aromatic rings. The van der Waals surface area contributed by atoms with Gasteiger partial charge in [0.05, 0.1) is 11.0 Å². The van der Waals surface area contributed by atoms with Crippen LogP contribution in [0.15, 0.2) is 91.0 Å². The molecular weight excluding hydrogens is 338 g/mol. The zero-order chi connectivity index (χ0) is 18.2. The Kier molecular flexibility index (Phi) is 2.60. The van der Waals surface area contributed by atoms with Crippen molar-refractivity contribution in [3.63, 3.8) is 0 Å². The maximum absolute atomic E-state index is 2.50. The summed E-state index contributed by atoms with van der Waals surface area (Å²) in [5, 5.41) is 11.0. The van der Waals surface area contributed by atoms with Gasteiger partial charge in [-0.25, -0.2) is 0 Å². The number of aromatic nitrogens is 1. The highest BCUT2D eigenvalue weighted by Gasteiger charge is 2.21. The monoisotopic (exact) mass is 355 g/mol. The van der Waals surface area contributed by atoms with Crippen molar-refractivity contribution in [2.75, 3.05) is 0 Å². The maximum atomic E-state index is 2.50. The van der Waals surface area contributed by atoms with Crippen LogP contribution in [-0.2, 0) is 6.54 Å². The minimum absolute atomic E-state index is 0.891. The summed E-state index contributed by atoms with van der Waals surface area (Å²) >= 11 is 0.